The van der Waals surface area contributed by atoms with Crippen LogP contribution in [0, 0.1) is 17.1 Å². The molecule has 1 aliphatic rings. The summed E-state index contributed by atoms with van der Waals surface area (Å²) in [5.74, 6) is -4.46. The number of hydrogen-bond donors (Lipinski definition) is 1. The van der Waals surface area contributed by atoms with Gasteiger partial charge in [-0.05, 0) is 30.3 Å². The average molecular weight is 450 g/mol. The number of nitrogens with one attached hydrogen (secondary N) is 1. The molecule has 1 fully saturated rings. The molecule has 2 heterocycles. The monoisotopic (exact) mass is 450 g/mol. The van der Waals surface area contributed by atoms with Crippen LogP contribution in [0.5, 0.6) is 0 Å². The second-order valence-electron chi connectivity index (χ2n) is 6.86. The van der Waals surface area contributed by atoms with Crippen LogP contribution in [0.4, 0.5) is 18.9 Å². The number of halogens is 3. The van der Waals surface area contributed by atoms with Crippen molar-refractivity contribution in [3.05, 3.63) is 59.4 Å². The van der Waals surface area contributed by atoms with E-state index in [-0.39, 0.29) is 35.7 Å². The van der Waals surface area contributed by atoms with Gasteiger partial charge in [-0.1, -0.05) is 6.58 Å². The molecular weight excluding hydrogens is 433 g/mol. The van der Waals surface area contributed by atoms with E-state index in [0.717, 1.165) is 18.2 Å². The van der Waals surface area contributed by atoms with E-state index in [4.69, 9.17) is 0 Å². The van der Waals surface area contributed by atoms with Gasteiger partial charge in [0.25, 0.3) is 21.9 Å². The Kier molecular flexibility index (Phi) is 6.03. The predicted molar refractivity (Wildman–Crippen MR) is 107 cm³/mol. The first kappa shape index (κ1) is 22.3. The molecule has 7 nitrogen and oxygen atoms in total. The molecule has 162 valence electrons. The van der Waals surface area contributed by atoms with Gasteiger partial charge >= 0.3 is 0 Å². The Balaban J connectivity index is 2.15. The van der Waals surface area contributed by atoms with Crippen molar-refractivity contribution in [3.63, 3.8) is 0 Å². The summed E-state index contributed by atoms with van der Waals surface area (Å²) in [4.78, 5) is 18.2. The van der Waals surface area contributed by atoms with Gasteiger partial charge in [-0.3, -0.25) is 4.79 Å². The van der Waals surface area contributed by atoms with E-state index in [0.29, 0.717) is 11.0 Å². The molecule has 2 aromatic rings. The number of carbonyl (C=O) groups excluding carboxylic acids is 1. The zero-order chi connectivity index (χ0) is 22.8. The summed E-state index contributed by atoms with van der Waals surface area (Å²) in [6, 6.07) is 8.02. The lowest BCUT2D eigenvalue weighted by molar-refractivity contribution is -0.0220. The Hall–Kier alpha value is -3.39. The lowest BCUT2D eigenvalue weighted by Crippen LogP contribution is -2.40. The van der Waals surface area contributed by atoms with Gasteiger partial charge in [-0.2, -0.15) is 5.26 Å². The number of alkyl halides is 2. The maximum atomic E-state index is 13.6. The predicted octanol–water partition coefficient (Wildman–Crippen LogP) is 3.20. The Morgan fingerprint density at radius 1 is 1.26 bits per heavy atom. The number of carbonyl (C=O) groups is 1. The number of anilines is 1. The van der Waals surface area contributed by atoms with Gasteiger partial charge in [0.05, 0.1) is 16.9 Å². The van der Waals surface area contributed by atoms with Crippen molar-refractivity contribution < 1.29 is 26.4 Å². The molecule has 0 bridgehead atoms. The Bertz CT molecular complexity index is 1170. The fraction of sp³-hybridized carbons (Fsp3) is 0.250. The van der Waals surface area contributed by atoms with Gasteiger partial charge < -0.3 is 4.90 Å². The quantitative estimate of drug-likeness (QED) is 0.751. The number of benzene rings is 1. The SMILES string of the molecule is C=CS(=O)(=O)NC(=O)c1cc(C#N)c(N2CCC(F)(F)CC2)c(-c2ccc(F)cc2)n1. The number of amides is 1. The molecule has 1 aromatic heterocycles. The van der Waals surface area contributed by atoms with E-state index >= 15 is 0 Å². The summed E-state index contributed by atoms with van der Waals surface area (Å²) in [6.45, 7) is 2.97. The van der Waals surface area contributed by atoms with E-state index in [1.807, 2.05) is 6.07 Å². The molecule has 0 unspecified atom stereocenters. The van der Waals surface area contributed by atoms with Crippen LogP contribution in [0.25, 0.3) is 11.3 Å². The van der Waals surface area contributed by atoms with Crippen molar-refractivity contribution in [1.29, 1.82) is 5.26 Å². The minimum Gasteiger partial charge on any atom is -0.368 e. The number of rotatable bonds is 5. The van der Waals surface area contributed by atoms with Crippen LogP contribution in [0.15, 0.2) is 42.3 Å². The van der Waals surface area contributed by atoms with E-state index in [1.165, 1.54) is 12.1 Å². The van der Waals surface area contributed by atoms with Crippen molar-refractivity contribution in [1.82, 2.24) is 9.71 Å². The highest BCUT2D eigenvalue weighted by molar-refractivity contribution is 7.92. The molecule has 0 aliphatic carbocycles. The minimum atomic E-state index is -4.12. The lowest BCUT2D eigenvalue weighted by Gasteiger charge is -2.34. The van der Waals surface area contributed by atoms with Crippen molar-refractivity contribution in [3.8, 4) is 17.3 Å². The average Bonchev–Trinajstić information content (AvgIpc) is 2.73. The molecule has 1 aliphatic heterocycles. The Morgan fingerprint density at radius 3 is 2.42 bits per heavy atom. The van der Waals surface area contributed by atoms with Gasteiger partial charge in [0.2, 0.25) is 0 Å². The Labute approximate surface area is 176 Å². The van der Waals surface area contributed by atoms with Crippen molar-refractivity contribution in [2.45, 2.75) is 18.8 Å². The largest absolute Gasteiger partial charge is 0.368 e. The maximum absolute atomic E-state index is 13.6. The summed E-state index contributed by atoms with van der Waals surface area (Å²) in [5, 5.41) is 10.2. The van der Waals surface area contributed by atoms with E-state index in [1.54, 1.807) is 9.62 Å². The smallest absolute Gasteiger partial charge is 0.283 e. The van der Waals surface area contributed by atoms with Crippen molar-refractivity contribution in [2.24, 2.45) is 0 Å². The summed E-state index contributed by atoms with van der Waals surface area (Å²) in [5.41, 5.74) is 0.178. The first-order chi connectivity index (χ1) is 14.5. The number of hydrogen-bond acceptors (Lipinski definition) is 6. The van der Waals surface area contributed by atoms with Gasteiger partial charge in [0.1, 0.15) is 17.6 Å². The van der Waals surface area contributed by atoms with Gasteiger partial charge in [-0.15, -0.1) is 0 Å². The highest BCUT2D eigenvalue weighted by atomic mass is 32.2. The number of nitriles is 1. The highest BCUT2D eigenvalue weighted by Crippen LogP contribution is 2.37. The number of piperidine rings is 1. The Morgan fingerprint density at radius 2 is 1.87 bits per heavy atom. The molecule has 3 rings (SSSR count). The lowest BCUT2D eigenvalue weighted by atomic mass is 10.0. The van der Waals surface area contributed by atoms with Crippen LogP contribution in [-0.4, -0.2) is 38.3 Å². The van der Waals surface area contributed by atoms with Crippen LogP contribution in [0.1, 0.15) is 28.9 Å². The first-order valence-electron chi connectivity index (χ1n) is 9.09. The van der Waals surface area contributed by atoms with E-state index in [2.05, 4.69) is 11.6 Å². The normalized spacial score (nSPS) is 15.7. The third kappa shape index (κ3) is 5.03. The van der Waals surface area contributed by atoms with Crippen LogP contribution in [0.2, 0.25) is 0 Å². The van der Waals surface area contributed by atoms with Gasteiger partial charge in [0, 0.05) is 36.9 Å². The molecule has 1 saturated heterocycles. The molecule has 0 radical (unpaired) electrons. The molecule has 0 atom stereocenters. The standard InChI is InChI=1S/C20H17F3N4O3S/c1-2-31(29,30)26-19(28)16-11-14(12-24)18(27-9-7-20(22,23)8-10-27)17(25-16)13-3-5-15(21)6-4-13/h2-6,11H,1,7-10H2,(H,26,28). The molecule has 31 heavy (non-hydrogen) atoms. The van der Waals surface area contributed by atoms with Crippen LogP contribution in [-0.2, 0) is 10.0 Å². The third-order valence-corrected chi connectivity index (χ3v) is 5.64. The zero-order valence-corrected chi connectivity index (χ0v) is 16.9. The third-order valence-electron chi connectivity index (χ3n) is 4.73. The molecule has 0 saturated carbocycles. The first-order valence-corrected chi connectivity index (χ1v) is 10.6. The van der Waals surface area contributed by atoms with Gasteiger partial charge in [-0.25, -0.2) is 31.3 Å². The molecule has 1 amide bonds. The summed E-state index contributed by atoms with van der Waals surface area (Å²) < 4.78 is 65.7. The highest BCUT2D eigenvalue weighted by Gasteiger charge is 2.36. The molecule has 0 spiro atoms. The molecule has 1 aromatic carbocycles. The number of nitrogens with zero attached hydrogens (tertiary/aromatic N) is 3. The maximum Gasteiger partial charge on any atom is 0.283 e. The number of sulfonamides is 1. The molecule has 11 heteroatoms. The minimum absolute atomic E-state index is 0.0549. The van der Waals surface area contributed by atoms with Crippen molar-refractivity contribution >= 4 is 21.6 Å². The molecule has 1 N–H and O–H groups in total. The second-order valence-corrected chi connectivity index (χ2v) is 8.48. The zero-order valence-electron chi connectivity index (χ0n) is 16.1. The molecular formula is C20H17F3N4O3S. The number of aromatic nitrogens is 1. The van der Waals surface area contributed by atoms with Crippen LogP contribution < -0.4 is 9.62 Å². The van der Waals surface area contributed by atoms with Gasteiger partial charge in [0.15, 0.2) is 0 Å². The van der Waals surface area contributed by atoms with E-state index < -0.39 is 40.5 Å². The van der Waals surface area contributed by atoms with Crippen LogP contribution in [0.3, 0.4) is 0 Å². The summed E-state index contributed by atoms with van der Waals surface area (Å²) in [6.07, 6.45) is -0.860. The van der Waals surface area contributed by atoms with Crippen LogP contribution >= 0.6 is 0 Å². The summed E-state index contributed by atoms with van der Waals surface area (Å²) >= 11 is 0. The van der Waals surface area contributed by atoms with E-state index in [9.17, 15) is 31.6 Å². The van der Waals surface area contributed by atoms with Crippen molar-refractivity contribution in [2.75, 3.05) is 18.0 Å². The topological polar surface area (TPSA) is 103 Å². The summed E-state index contributed by atoms with van der Waals surface area (Å²) in [7, 11) is -4.12. The fourth-order valence-electron chi connectivity index (χ4n) is 3.15. The number of pyridine rings is 1. The second kappa shape index (κ2) is 8.39. The fourth-order valence-corrected chi connectivity index (χ4v) is 3.60.